The zero-order valence-corrected chi connectivity index (χ0v) is 45.0. The Morgan fingerprint density at radius 1 is 0.577 bits per heavy atom. The number of carbonyl (C=O) groups is 1. The van der Waals surface area contributed by atoms with Gasteiger partial charge in [-0.25, -0.2) is 19.7 Å². The maximum absolute atomic E-state index is 13.3. The number of carbonyl (C=O) groups excluding carboxylic acids is 1. The third-order valence-electron chi connectivity index (χ3n) is 12.9. The van der Waals surface area contributed by atoms with Gasteiger partial charge in [-0.1, -0.05) is 156 Å². The summed E-state index contributed by atoms with van der Waals surface area (Å²) in [5.74, 6) is 3.66. The fourth-order valence-electron chi connectivity index (χ4n) is 8.60. The quantitative estimate of drug-likeness (QED) is 0.0320. The minimum Gasteiger partial charge on any atom is -0.507 e. The predicted octanol–water partition coefficient (Wildman–Crippen LogP) is 13.9. The number of hydrogen-bond donors (Lipinski definition) is 2. The lowest BCUT2D eigenvalue weighted by atomic mass is 10.1. The number of esters is 1. The Labute approximate surface area is 428 Å². The number of phenols is 1. The van der Waals surface area contributed by atoms with Crippen LogP contribution < -0.4 is 24.6 Å². The second-order valence-electron chi connectivity index (χ2n) is 19.1. The van der Waals surface area contributed by atoms with E-state index in [2.05, 4.69) is 57.8 Å². The molecule has 0 bridgehead atoms. The Bertz CT molecular complexity index is 1970. The van der Waals surface area contributed by atoms with E-state index >= 15 is 0 Å². The van der Waals surface area contributed by atoms with Gasteiger partial charge in [-0.05, 0) is 75.9 Å². The fraction of sp³-hybridized carbons (Fsp3) is 0.667. The number of hydrogen-bond acceptors (Lipinski definition) is 14. The monoisotopic (exact) mass is 982 g/mol. The molecule has 4 rings (SSSR count). The van der Waals surface area contributed by atoms with Crippen LogP contribution in [0.2, 0.25) is 0 Å². The van der Waals surface area contributed by atoms with Crippen LogP contribution in [0.25, 0.3) is 22.8 Å². The maximum Gasteiger partial charge on any atom is 0.347 e. The van der Waals surface area contributed by atoms with Gasteiger partial charge in [0.25, 0.3) is 0 Å². The van der Waals surface area contributed by atoms with E-state index in [9.17, 15) is 9.90 Å². The Morgan fingerprint density at radius 2 is 1.03 bits per heavy atom. The molecule has 71 heavy (non-hydrogen) atoms. The summed E-state index contributed by atoms with van der Waals surface area (Å²) >= 11 is 0. The molecule has 4 aromatic rings. The molecule has 14 heteroatoms. The van der Waals surface area contributed by atoms with E-state index < -0.39 is 12.1 Å². The minimum atomic E-state index is -0.938. The number of nitrogens with zero attached hydrogens (tertiary/aromatic N) is 8. The van der Waals surface area contributed by atoms with Crippen molar-refractivity contribution in [3.8, 4) is 40.0 Å². The second kappa shape index (κ2) is 35.0. The normalized spacial score (nSPS) is 11.6. The number of benzene rings is 2. The number of rotatable bonds is 40. The first-order chi connectivity index (χ1) is 34.7. The van der Waals surface area contributed by atoms with Crippen molar-refractivity contribution in [2.45, 2.75) is 202 Å². The van der Waals surface area contributed by atoms with Crippen molar-refractivity contribution in [2.75, 3.05) is 61.6 Å². The summed E-state index contributed by atoms with van der Waals surface area (Å²) in [6, 6.07) is 12.2. The van der Waals surface area contributed by atoms with Crippen LogP contribution in [-0.4, -0.2) is 93.5 Å². The van der Waals surface area contributed by atoms with Crippen LogP contribution in [0, 0.1) is 6.92 Å². The van der Waals surface area contributed by atoms with Crippen molar-refractivity contribution in [3.05, 3.63) is 48.3 Å². The molecular weight excluding hydrogens is 891 g/mol. The first-order valence-electron chi connectivity index (χ1n) is 27.7. The number of phenolic OH excluding ortho intramolecular Hbond substituents is 1. The van der Waals surface area contributed by atoms with Gasteiger partial charge in [0.1, 0.15) is 29.7 Å². The molecular formula is C57H91N9O5. The highest BCUT2D eigenvalue weighted by Crippen LogP contribution is 2.32. The van der Waals surface area contributed by atoms with E-state index in [-0.39, 0.29) is 12.4 Å². The van der Waals surface area contributed by atoms with Gasteiger partial charge in [-0.3, -0.25) is 0 Å². The molecule has 394 valence electrons. The van der Waals surface area contributed by atoms with Crippen LogP contribution in [0.4, 0.5) is 17.8 Å². The van der Waals surface area contributed by atoms with Gasteiger partial charge in [0.15, 0.2) is 17.8 Å². The zero-order valence-electron chi connectivity index (χ0n) is 45.0. The predicted molar refractivity (Wildman–Crippen MR) is 291 cm³/mol. The van der Waals surface area contributed by atoms with Crippen LogP contribution in [0.15, 0.2) is 42.5 Å². The molecule has 0 saturated heterocycles. The average molecular weight is 982 g/mol. The summed E-state index contributed by atoms with van der Waals surface area (Å²) in [6.45, 7) is 16.5. The lowest BCUT2D eigenvalue weighted by Gasteiger charge is -2.27. The van der Waals surface area contributed by atoms with Gasteiger partial charge in [0.05, 0.1) is 19.2 Å². The van der Waals surface area contributed by atoms with Crippen molar-refractivity contribution in [2.24, 2.45) is 0 Å². The molecule has 2 aromatic heterocycles. The van der Waals surface area contributed by atoms with Crippen molar-refractivity contribution in [1.82, 2.24) is 29.9 Å². The fourth-order valence-corrected chi connectivity index (χ4v) is 8.60. The Balaban J connectivity index is 1.47. The van der Waals surface area contributed by atoms with Crippen molar-refractivity contribution >= 4 is 23.8 Å². The highest BCUT2D eigenvalue weighted by Gasteiger charge is 2.21. The van der Waals surface area contributed by atoms with Gasteiger partial charge >= 0.3 is 5.97 Å². The van der Waals surface area contributed by atoms with Gasteiger partial charge in [-0.15, -0.1) is 0 Å². The van der Waals surface area contributed by atoms with Gasteiger partial charge in [-0.2, -0.15) is 15.0 Å². The van der Waals surface area contributed by atoms with Crippen molar-refractivity contribution in [3.63, 3.8) is 0 Å². The number of methoxy groups -OCH3 is 1. The number of unbranched alkanes of at least 4 members (excludes halogenated alkanes) is 20. The molecule has 0 aliphatic carbocycles. The highest BCUT2D eigenvalue weighted by molar-refractivity contribution is 5.75. The van der Waals surface area contributed by atoms with Gasteiger partial charge < -0.3 is 34.4 Å². The molecule has 0 aliphatic heterocycles. The zero-order chi connectivity index (χ0) is 50.9. The molecule has 0 saturated carbocycles. The van der Waals surface area contributed by atoms with Crippen LogP contribution in [0.5, 0.6) is 17.2 Å². The Hall–Kier alpha value is -5.27. The summed E-state index contributed by atoms with van der Waals surface area (Å²) in [6.07, 6.45) is 28.6. The van der Waals surface area contributed by atoms with Crippen LogP contribution in [-0.2, 0) is 9.53 Å². The molecule has 2 aromatic carbocycles. The van der Waals surface area contributed by atoms with Crippen LogP contribution in [0.1, 0.15) is 195 Å². The third-order valence-corrected chi connectivity index (χ3v) is 12.9. The number of aryl methyl sites for hydroxylation is 1. The molecule has 0 spiro atoms. The largest absolute Gasteiger partial charge is 0.507 e. The van der Waals surface area contributed by atoms with Gasteiger partial charge in [0, 0.05) is 37.8 Å². The molecule has 0 amide bonds. The molecule has 0 radical (unpaired) electrons. The van der Waals surface area contributed by atoms with Crippen LogP contribution in [0.3, 0.4) is 0 Å². The first kappa shape index (κ1) is 58.3. The maximum atomic E-state index is 13.3. The van der Waals surface area contributed by atoms with E-state index in [4.69, 9.17) is 29.2 Å². The van der Waals surface area contributed by atoms with E-state index in [1.807, 2.05) is 24.3 Å². The summed E-state index contributed by atoms with van der Waals surface area (Å²) in [5.41, 5.74) is 1.19. The molecule has 1 atom stereocenters. The SMILES string of the molecule is CCCCCCCCN(CCCCCCCC)c1nc(NCCOC(=O)C(C)Oc2ccc(-c3nc(C)nc(-c4ccc(OC)cc4)n3)c(O)c2)nc(N(CCCCCCCC)CCCCCCCC)n1. The third kappa shape index (κ3) is 22.4. The lowest BCUT2D eigenvalue weighted by molar-refractivity contribution is -0.150. The van der Waals surface area contributed by atoms with E-state index in [1.54, 1.807) is 33.1 Å². The Morgan fingerprint density at radius 3 is 1.49 bits per heavy atom. The average Bonchev–Trinajstić information content (AvgIpc) is 3.37. The van der Waals surface area contributed by atoms with E-state index in [0.29, 0.717) is 41.3 Å². The molecule has 0 aliphatic rings. The molecule has 1 unspecified atom stereocenters. The number of ether oxygens (including phenoxy) is 3. The summed E-state index contributed by atoms with van der Waals surface area (Å²) in [4.78, 5) is 47.1. The second-order valence-corrected chi connectivity index (χ2v) is 19.1. The smallest absolute Gasteiger partial charge is 0.347 e. The molecule has 2 heterocycles. The molecule has 14 nitrogen and oxygen atoms in total. The standard InChI is InChI=1S/C57H91N9O5/c1-8-12-16-20-24-28-39-65(40-29-25-21-17-13-9-2)56-62-55(63-57(64-56)66(41-30-26-22-18-14-10-3)42-31-27-23-19-15-11-4)58-38-43-70-54(68)45(5)71-49-36-37-50(51(67)44-49)53-60-46(6)59-52(61-53)47-32-34-48(69-7)35-33-47/h32-37,44-45,67H,8-31,38-43H2,1-7H3,(H,58,62,63,64). The number of nitrogens with one attached hydrogen (secondary N) is 1. The molecule has 0 fully saturated rings. The topological polar surface area (TPSA) is 161 Å². The van der Waals surface area contributed by atoms with E-state index in [1.165, 1.54) is 134 Å². The van der Waals surface area contributed by atoms with Gasteiger partial charge in [0.2, 0.25) is 17.8 Å². The van der Waals surface area contributed by atoms with Crippen molar-refractivity contribution < 1.29 is 24.1 Å². The number of aromatic nitrogens is 6. The minimum absolute atomic E-state index is 0.0841. The number of anilines is 3. The van der Waals surface area contributed by atoms with E-state index in [0.717, 1.165) is 75.1 Å². The first-order valence-corrected chi connectivity index (χ1v) is 27.7. The van der Waals surface area contributed by atoms with Crippen LogP contribution >= 0.6 is 0 Å². The number of aromatic hydroxyl groups is 1. The lowest BCUT2D eigenvalue weighted by Crippen LogP contribution is -2.32. The Kier molecular flexibility index (Phi) is 28.7. The highest BCUT2D eigenvalue weighted by atomic mass is 16.6. The summed E-state index contributed by atoms with van der Waals surface area (Å²) < 4.78 is 17.0. The van der Waals surface area contributed by atoms with Crippen molar-refractivity contribution in [1.29, 1.82) is 0 Å². The molecule has 2 N–H and O–H groups in total. The summed E-state index contributed by atoms with van der Waals surface area (Å²) in [7, 11) is 1.62. The summed E-state index contributed by atoms with van der Waals surface area (Å²) in [5, 5.41) is 14.5.